The summed E-state index contributed by atoms with van der Waals surface area (Å²) >= 11 is 6.05. The van der Waals surface area contributed by atoms with Crippen LogP contribution in [0.3, 0.4) is 0 Å². The van der Waals surface area contributed by atoms with Crippen LogP contribution in [0.4, 0.5) is 16.3 Å². The number of nitrogens with zero attached hydrogens (tertiary/aromatic N) is 3. The number of carbonyl (C=O) groups excluding carboxylic acids is 1. The summed E-state index contributed by atoms with van der Waals surface area (Å²) in [5.74, 6) is 0.194. The highest BCUT2D eigenvalue weighted by atomic mass is 35.5. The Bertz CT molecular complexity index is 1330. The first kappa shape index (κ1) is 21.9. The molecule has 0 bridgehead atoms. The fraction of sp³-hybridized carbons (Fsp3) is 0.115. The number of rotatable bonds is 6. The molecule has 5 rings (SSSR count). The van der Waals surface area contributed by atoms with Crippen molar-refractivity contribution in [3.63, 3.8) is 0 Å². The lowest BCUT2D eigenvalue weighted by Crippen LogP contribution is -2.20. The zero-order valence-electron chi connectivity index (χ0n) is 18.1. The molecule has 0 spiro atoms. The Kier molecular flexibility index (Phi) is 6.10. The minimum absolute atomic E-state index is 0.170. The van der Waals surface area contributed by atoms with Gasteiger partial charge in [0.2, 0.25) is 11.9 Å². The molecule has 0 unspecified atom stereocenters. The molecule has 1 aliphatic heterocycles. The maximum absolute atomic E-state index is 13.5. The summed E-state index contributed by atoms with van der Waals surface area (Å²) in [6.07, 6.45) is 2.93. The van der Waals surface area contributed by atoms with E-state index in [0.29, 0.717) is 23.8 Å². The maximum atomic E-state index is 13.5. The average Bonchev–Trinajstić information content (AvgIpc) is 3.26. The van der Waals surface area contributed by atoms with Crippen LogP contribution >= 0.6 is 11.6 Å². The van der Waals surface area contributed by atoms with Gasteiger partial charge in [0.15, 0.2) is 0 Å². The fourth-order valence-corrected chi connectivity index (χ4v) is 3.96. The molecule has 6 nitrogen and oxygen atoms in total. The first-order chi connectivity index (χ1) is 16.5. The lowest BCUT2D eigenvalue weighted by Gasteiger charge is -2.24. The zero-order chi connectivity index (χ0) is 23.5. The number of carbonyl (C=O) groups is 1. The van der Waals surface area contributed by atoms with Crippen molar-refractivity contribution in [2.45, 2.75) is 18.9 Å². The van der Waals surface area contributed by atoms with Crippen molar-refractivity contribution in [2.75, 3.05) is 10.6 Å². The van der Waals surface area contributed by atoms with Gasteiger partial charge >= 0.3 is 0 Å². The minimum atomic E-state index is -0.343. The van der Waals surface area contributed by atoms with E-state index in [1.54, 1.807) is 16.8 Å². The van der Waals surface area contributed by atoms with E-state index in [1.165, 1.54) is 12.1 Å². The first-order valence-corrected chi connectivity index (χ1v) is 11.2. The van der Waals surface area contributed by atoms with Crippen molar-refractivity contribution in [1.82, 2.24) is 14.8 Å². The van der Waals surface area contributed by atoms with Gasteiger partial charge in [0, 0.05) is 17.1 Å². The van der Waals surface area contributed by atoms with Gasteiger partial charge in [0.05, 0.1) is 0 Å². The number of aromatic nitrogens is 3. The van der Waals surface area contributed by atoms with Gasteiger partial charge in [-0.1, -0.05) is 66.2 Å². The number of halogens is 2. The number of allylic oxidation sites excluding steroid dienone is 1. The SMILES string of the molecule is O=C(CCc1ccccc1)Nc1nc2n(n1)[C@@H](c1ccc(F)cc1)C=C(c1ccc(Cl)cc1)N2. The quantitative estimate of drug-likeness (QED) is 0.377. The fourth-order valence-electron chi connectivity index (χ4n) is 3.83. The van der Waals surface area contributed by atoms with Crippen LogP contribution in [0.25, 0.3) is 5.70 Å². The summed E-state index contributed by atoms with van der Waals surface area (Å²) in [6, 6.07) is 23.2. The van der Waals surface area contributed by atoms with Crippen molar-refractivity contribution in [3.05, 3.63) is 112 Å². The Hall–Kier alpha value is -3.97. The summed E-state index contributed by atoms with van der Waals surface area (Å²) in [6.45, 7) is 0. The van der Waals surface area contributed by atoms with E-state index in [9.17, 15) is 9.18 Å². The van der Waals surface area contributed by atoms with Gasteiger partial charge in [-0.15, -0.1) is 5.10 Å². The number of hydrogen-bond donors (Lipinski definition) is 2. The third-order valence-electron chi connectivity index (χ3n) is 5.57. The Labute approximate surface area is 201 Å². The van der Waals surface area contributed by atoms with E-state index in [4.69, 9.17) is 11.6 Å². The Morgan fingerprint density at radius 2 is 1.76 bits per heavy atom. The van der Waals surface area contributed by atoms with Crippen molar-refractivity contribution in [3.8, 4) is 0 Å². The van der Waals surface area contributed by atoms with Crippen LogP contribution in [0.5, 0.6) is 0 Å². The number of nitrogens with one attached hydrogen (secondary N) is 2. The normalized spacial score (nSPS) is 14.6. The molecule has 1 aliphatic rings. The van der Waals surface area contributed by atoms with Crippen LogP contribution in [0.1, 0.15) is 29.2 Å². The first-order valence-electron chi connectivity index (χ1n) is 10.9. The van der Waals surface area contributed by atoms with Gasteiger partial charge < -0.3 is 5.32 Å². The van der Waals surface area contributed by atoms with Crippen LogP contribution in [0.2, 0.25) is 5.02 Å². The molecule has 1 aromatic heterocycles. The van der Waals surface area contributed by atoms with E-state index in [0.717, 1.165) is 22.4 Å². The predicted octanol–water partition coefficient (Wildman–Crippen LogP) is 5.70. The van der Waals surface area contributed by atoms with Gasteiger partial charge in [0.1, 0.15) is 11.9 Å². The van der Waals surface area contributed by atoms with E-state index in [2.05, 4.69) is 20.7 Å². The Morgan fingerprint density at radius 1 is 1.03 bits per heavy atom. The molecule has 1 atom stereocenters. The summed E-state index contributed by atoms with van der Waals surface area (Å²) < 4.78 is 15.2. The lowest BCUT2D eigenvalue weighted by molar-refractivity contribution is -0.116. The zero-order valence-corrected chi connectivity index (χ0v) is 18.8. The standard InChI is InChI=1S/C26H21ClFN5O/c27-20-11-7-18(8-12-20)22-16-23(19-9-13-21(28)14-10-19)33-26(29-22)31-25(32-33)30-24(34)15-6-17-4-2-1-3-5-17/h1-5,7-14,16,23H,6,15H2,(H2,29,30,31,32,34)/t23-/m1/s1. The molecule has 8 heteroatoms. The lowest BCUT2D eigenvalue weighted by atomic mass is 10.0. The smallest absolute Gasteiger partial charge is 0.250 e. The van der Waals surface area contributed by atoms with Crippen molar-refractivity contribution >= 4 is 35.1 Å². The van der Waals surface area contributed by atoms with Crippen molar-refractivity contribution in [1.29, 1.82) is 0 Å². The van der Waals surface area contributed by atoms with Crippen LogP contribution in [0, 0.1) is 5.82 Å². The van der Waals surface area contributed by atoms with E-state index >= 15 is 0 Å². The summed E-state index contributed by atoms with van der Waals surface area (Å²) in [7, 11) is 0. The summed E-state index contributed by atoms with van der Waals surface area (Å²) in [5.41, 5.74) is 3.65. The van der Waals surface area contributed by atoms with E-state index < -0.39 is 0 Å². The highest BCUT2D eigenvalue weighted by molar-refractivity contribution is 6.30. The molecule has 170 valence electrons. The molecule has 0 aliphatic carbocycles. The van der Waals surface area contributed by atoms with Crippen LogP contribution < -0.4 is 10.6 Å². The van der Waals surface area contributed by atoms with E-state index in [-0.39, 0.29) is 23.7 Å². The second kappa shape index (κ2) is 9.49. The highest BCUT2D eigenvalue weighted by Gasteiger charge is 2.26. The molecular formula is C26H21ClFN5O. The highest BCUT2D eigenvalue weighted by Crippen LogP contribution is 2.33. The molecule has 3 aromatic carbocycles. The molecule has 0 fully saturated rings. The number of amides is 1. The van der Waals surface area contributed by atoms with Crippen molar-refractivity contribution < 1.29 is 9.18 Å². The minimum Gasteiger partial charge on any atom is -0.324 e. The largest absolute Gasteiger partial charge is 0.324 e. The molecule has 34 heavy (non-hydrogen) atoms. The van der Waals surface area contributed by atoms with Crippen LogP contribution in [0.15, 0.2) is 84.9 Å². The van der Waals surface area contributed by atoms with Crippen LogP contribution in [-0.4, -0.2) is 20.7 Å². The Balaban J connectivity index is 1.40. The third-order valence-corrected chi connectivity index (χ3v) is 5.82. The summed E-state index contributed by atoms with van der Waals surface area (Å²) in [5, 5.41) is 11.2. The molecule has 4 aromatic rings. The van der Waals surface area contributed by atoms with Gasteiger partial charge in [-0.3, -0.25) is 10.1 Å². The van der Waals surface area contributed by atoms with Gasteiger partial charge in [-0.25, -0.2) is 9.07 Å². The summed E-state index contributed by atoms with van der Waals surface area (Å²) in [4.78, 5) is 17.0. The topological polar surface area (TPSA) is 71.8 Å². The predicted molar refractivity (Wildman–Crippen MR) is 131 cm³/mol. The number of anilines is 2. The van der Waals surface area contributed by atoms with Gasteiger partial charge in [-0.2, -0.15) is 4.98 Å². The average molecular weight is 474 g/mol. The molecule has 0 radical (unpaired) electrons. The second-order valence-corrected chi connectivity index (χ2v) is 8.38. The maximum Gasteiger partial charge on any atom is 0.250 e. The number of aryl methyl sites for hydroxylation is 1. The molecule has 2 heterocycles. The molecule has 0 saturated heterocycles. The number of benzene rings is 3. The van der Waals surface area contributed by atoms with E-state index in [1.807, 2.05) is 60.7 Å². The number of hydrogen-bond acceptors (Lipinski definition) is 4. The molecule has 0 saturated carbocycles. The van der Waals surface area contributed by atoms with Gasteiger partial charge in [0.25, 0.3) is 5.95 Å². The second-order valence-electron chi connectivity index (χ2n) is 7.95. The third kappa shape index (κ3) is 4.84. The Morgan fingerprint density at radius 3 is 2.50 bits per heavy atom. The van der Waals surface area contributed by atoms with Gasteiger partial charge in [-0.05, 0) is 53.5 Å². The monoisotopic (exact) mass is 473 g/mol. The van der Waals surface area contributed by atoms with Crippen molar-refractivity contribution in [2.24, 2.45) is 0 Å². The molecule has 2 N–H and O–H groups in total. The van der Waals surface area contributed by atoms with Crippen LogP contribution in [-0.2, 0) is 11.2 Å². The molecular weight excluding hydrogens is 453 g/mol. The number of fused-ring (bicyclic) bond motifs is 1. The molecule has 1 amide bonds.